The number of unbranched alkanes of at least 4 members (excludes halogenated alkanes) is 1. The standard InChI is InChI=1S/C16H20N2O3S/c1-3-4-12-21-14-7-9-15(10-8-14)22(19,20)18-16-13(2)6-5-11-17-16/h5-11H,3-4,12H2,1-2H3,(H,17,18). The number of hydrogen-bond acceptors (Lipinski definition) is 4. The van der Waals surface area contributed by atoms with Crippen LogP contribution in [0.4, 0.5) is 5.82 Å². The lowest BCUT2D eigenvalue weighted by Gasteiger charge is -2.10. The van der Waals surface area contributed by atoms with Crippen LogP contribution in [0.25, 0.3) is 0 Å². The van der Waals surface area contributed by atoms with Gasteiger partial charge in [0.2, 0.25) is 0 Å². The van der Waals surface area contributed by atoms with Gasteiger partial charge in [-0.2, -0.15) is 0 Å². The van der Waals surface area contributed by atoms with E-state index >= 15 is 0 Å². The van der Waals surface area contributed by atoms with Crippen molar-refractivity contribution < 1.29 is 13.2 Å². The molecule has 1 N–H and O–H groups in total. The van der Waals surface area contributed by atoms with Crippen LogP contribution in [0, 0.1) is 6.92 Å². The average Bonchev–Trinajstić information content (AvgIpc) is 2.50. The Morgan fingerprint density at radius 2 is 1.91 bits per heavy atom. The molecule has 6 heteroatoms. The molecule has 22 heavy (non-hydrogen) atoms. The van der Waals surface area contributed by atoms with E-state index < -0.39 is 10.0 Å². The van der Waals surface area contributed by atoms with Crippen LogP contribution in [0.15, 0.2) is 47.5 Å². The first-order valence-corrected chi connectivity index (χ1v) is 8.68. The van der Waals surface area contributed by atoms with Crippen molar-refractivity contribution in [3.8, 4) is 5.75 Å². The summed E-state index contributed by atoms with van der Waals surface area (Å²) in [6.07, 6.45) is 3.58. The molecule has 0 aliphatic carbocycles. The number of nitrogens with one attached hydrogen (secondary N) is 1. The largest absolute Gasteiger partial charge is 0.494 e. The van der Waals surface area contributed by atoms with E-state index in [1.807, 2.05) is 0 Å². The number of benzene rings is 1. The molecule has 0 atom stereocenters. The van der Waals surface area contributed by atoms with Gasteiger partial charge < -0.3 is 4.74 Å². The third-order valence-electron chi connectivity index (χ3n) is 3.14. The van der Waals surface area contributed by atoms with Crippen LogP contribution >= 0.6 is 0 Å². The molecule has 2 rings (SSSR count). The summed E-state index contributed by atoms with van der Waals surface area (Å²) < 4.78 is 32.7. The zero-order valence-corrected chi connectivity index (χ0v) is 13.6. The molecule has 0 bridgehead atoms. The highest BCUT2D eigenvalue weighted by Gasteiger charge is 2.15. The van der Waals surface area contributed by atoms with Crippen LogP contribution in [-0.4, -0.2) is 20.0 Å². The zero-order chi connectivity index (χ0) is 16.0. The van der Waals surface area contributed by atoms with Gasteiger partial charge in [-0.3, -0.25) is 4.72 Å². The Bertz CT molecular complexity index is 712. The van der Waals surface area contributed by atoms with Gasteiger partial charge in [0.1, 0.15) is 11.6 Å². The summed E-state index contributed by atoms with van der Waals surface area (Å²) in [7, 11) is -3.65. The molecule has 0 spiro atoms. The molecular formula is C16H20N2O3S. The Labute approximate surface area is 131 Å². The summed E-state index contributed by atoms with van der Waals surface area (Å²) in [5, 5.41) is 0. The first kappa shape index (κ1) is 16.3. The SMILES string of the molecule is CCCCOc1ccc(S(=O)(=O)Nc2ncccc2C)cc1. The second kappa shape index (κ2) is 7.26. The van der Waals surface area contributed by atoms with Crippen LogP contribution in [0.5, 0.6) is 5.75 Å². The van der Waals surface area contributed by atoms with E-state index in [0.717, 1.165) is 18.4 Å². The van der Waals surface area contributed by atoms with Gasteiger partial charge in [-0.15, -0.1) is 0 Å². The van der Waals surface area contributed by atoms with E-state index in [4.69, 9.17) is 4.74 Å². The first-order chi connectivity index (χ1) is 10.5. The maximum Gasteiger partial charge on any atom is 0.263 e. The fraction of sp³-hybridized carbons (Fsp3) is 0.312. The normalized spacial score (nSPS) is 11.2. The van der Waals surface area contributed by atoms with Crippen molar-refractivity contribution >= 4 is 15.8 Å². The summed E-state index contributed by atoms with van der Waals surface area (Å²) in [6.45, 7) is 4.52. The number of pyridine rings is 1. The molecule has 1 aromatic heterocycles. The minimum Gasteiger partial charge on any atom is -0.494 e. The molecule has 0 saturated carbocycles. The van der Waals surface area contributed by atoms with Crippen molar-refractivity contribution in [3.63, 3.8) is 0 Å². The van der Waals surface area contributed by atoms with Gasteiger partial charge in [0.05, 0.1) is 11.5 Å². The Balaban J connectivity index is 2.11. The van der Waals surface area contributed by atoms with Crippen LogP contribution in [0.2, 0.25) is 0 Å². The second-order valence-corrected chi connectivity index (χ2v) is 6.63. The highest BCUT2D eigenvalue weighted by Crippen LogP contribution is 2.20. The molecule has 0 unspecified atom stereocenters. The molecule has 0 aliphatic heterocycles. The lowest BCUT2D eigenvalue weighted by Crippen LogP contribution is -2.14. The van der Waals surface area contributed by atoms with Crippen molar-refractivity contribution in [2.75, 3.05) is 11.3 Å². The number of rotatable bonds is 7. The van der Waals surface area contributed by atoms with E-state index in [0.29, 0.717) is 18.2 Å². The van der Waals surface area contributed by atoms with Crippen molar-refractivity contribution in [1.29, 1.82) is 0 Å². The number of aryl methyl sites for hydroxylation is 1. The number of anilines is 1. The molecule has 1 aromatic carbocycles. The van der Waals surface area contributed by atoms with Crippen LogP contribution < -0.4 is 9.46 Å². The Kier molecular flexibility index (Phi) is 5.38. The van der Waals surface area contributed by atoms with Crippen LogP contribution in [-0.2, 0) is 10.0 Å². The smallest absolute Gasteiger partial charge is 0.263 e. The molecule has 0 amide bonds. The third-order valence-corrected chi connectivity index (χ3v) is 4.50. The monoisotopic (exact) mass is 320 g/mol. The number of ether oxygens (including phenoxy) is 1. The van der Waals surface area contributed by atoms with Gasteiger partial charge in [-0.05, 0) is 49.2 Å². The zero-order valence-electron chi connectivity index (χ0n) is 12.7. The van der Waals surface area contributed by atoms with Crippen molar-refractivity contribution in [1.82, 2.24) is 4.98 Å². The highest BCUT2D eigenvalue weighted by atomic mass is 32.2. The number of sulfonamides is 1. The molecule has 0 radical (unpaired) electrons. The highest BCUT2D eigenvalue weighted by molar-refractivity contribution is 7.92. The first-order valence-electron chi connectivity index (χ1n) is 7.20. The van der Waals surface area contributed by atoms with Crippen LogP contribution in [0.3, 0.4) is 0 Å². The van der Waals surface area contributed by atoms with E-state index in [1.54, 1.807) is 37.4 Å². The minimum atomic E-state index is -3.65. The van der Waals surface area contributed by atoms with Crippen molar-refractivity contribution in [3.05, 3.63) is 48.2 Å². The van der Waals surface area contributed by atoms with Crippen molar-refractivity contribution in [2.24, 2.45) is 0 Å². The van der Waals surface area contributed by atoms with Crippen molar-refractivity contribution in [2.45, 2.75) is 31.6 Å². The quantitative estimate of drug-likeness (QED) is 0.794. The molecule has 5 nitrogen and oxygen atoms in total. The molecule has 1 heterocycles. The van der Waals surface area contributed by atoms with E-state index in [-0.39, 0.29) is 4.90 Å². The number of aromatic nitrogens is 1. The summed E-state index contributed by atoms with van der Waals surface area (Å²) in [4.78, 5) is 4.22. The second-order valence-electron chi connectivity index (χ2n) is 4.95. The molecule has 0 fully saturated rings. The van der Waals surface area contributed by atoms with E-state index in [1.165, 1.54) is 12.1 Å². The van der Waals surface area contributed by atoms with Gasteiger partial charge in [0, 0.05) is 6.20 Å². The Morgan fingerprint density at radius 1 is 1.18 bits per heavy atom. The minimum absolute atomic E-state index is 0.181. The maximum absolute atomic E-state index is 12.3. The molecule has 0 aliphatic rings. The summed E-state index contributed by atoms with van der Waals surface area (Å²) in [5.41, 5.74) is 0.769. The molecular weight excluding hydrogens is 300 g/mol. The predicted molar refractivity (Wildman–Crippen MR) is 86.6 cm³/mol. The predicted octanol–water partition coefficient (Wildman–Crippen LogP) is 3.37. The van der Waals surface area contributed by atoms with Gasteiger partial charge >= 0.3 is 0 Å². The fourth-order valence-electron chi connectivity index (χ4n) is 1.83. The van der Waals surface area contributed by atoms with Crippen LogP contribution in [0.1, 0.15) is 25.3 Å². The maximum atomic E-state index is 12.3. The Hall–Kier alpha value is -2.08. The molecule has 118 valence electrons. The summed E-state index contributed by atoms with van der Waals surface area (Å²) >= 11 is 0. The lowest BCUT2D eigenvalue weighted by atomic mass is 10.3. The fourth-order valence-corrected chi connectivity index (χ4v) is 2.91. The van der Waals surface area contributed by atoms with Gasteiger partial charge in [-0.1, -0.05) is 19.4 Å². The summed E-state index contributed by atoms with van der Waals surface area (Å²) in [5.74, 6) is 1.01. The van der Waals surface area contributed by atoms with Gasteiger partial charge in [0.15, 0.2) is 0 Å². The number of nitrogens with zero attached hydrogens (tertiary/aromatic N) is 1. The van der Waals surface area contributed by atoms with E-state index in [9.17, 15) is 8.42 Å². The summed E-state index contributed by atoms with van der Waals surface area (Å²) in [6, 6.07) is 9.94. The van der Waals surface area contributed by atoms with Gasteiger partial charge in [-0.25, -0.2) is 13.4 Å². The Morgan fingerprint density at radius 3 is 2.55 bits per heavy atom. The topological polar surface area (TPSA) is 68.3 Å². The average molecular weight is 320 g/mol. The molecule has 0 saturated heterocycles. The number of hydrogen-bond donors (Lipinski definition) is 1. The van der Waals surface area contributed by atoms with E-state index in [2.05, 4.69) is 16.6 Å². The third kappa shape index (κ3) is 4.21. The molecule has 2 aromatic rings. The lowest BCUT2D eigenvalue weighted by molar-refractivity contribution is 0.309. The van der Waals surface area contributed by atoms with Gasteiger partial charge in [0.25, 0.3) is 10.0 Å².